The smallest absolute Gasteiger partial charge is 0.254 e. The van der Waals surface area contributed by atoms with E-state index in [2.05, 4.69) is 36.2 Å². The standard InChI is InChI=1S/C26H29N3O3S/c1-4-19-6-9-20(10-7-19)25-27-22(17-33-25)16-24(30)28-11-13-29(14-12-28)26(31)21-8-5-18(2)23(15-21)32-3/h5-10,15,17H,4,11-14,16H2,1-3H3. The molecule has 1 aliphatic rings. The fraction of sp³-hybridized carbons (Fsp3) is 0.346. The lowest BCUT2D eigenvalue weighted by molar-refractivity contribution is -0.132. The van der Waals surface area contributed by atoms with Crippen LogP contribution in [0.2, 0.25) is 0 Å². The molecule has 2 aromatic carbocycles. The van der Waals surface area contributed by atoms with Crippen LogP contribution in [0.5, 0.6) is 5.75 Å². The summed E-state index contributed by atoms with van der Waals surface area (Å²) in [5.41, 5.74) is 4.78. The minimum atomic E-state index is -0.0290. The molecule has 2 heterocycles. The molecule has 1 fully saturated rings. The predicted molar refractivity (Wildman–Crippen MR) is 131 cm³/mol. The second-order valence-electron chi connectivity index (χ2n) is 8.23. The number of amides is 2. The first kappa shape index (κ1) is 23.0. The van der Waals surface area contributed by atoms with Crippen LogP contribution < -0.4 is 4.74 Å². The van der Waals surface area contributed by atoms with Gasteiger partial charge in [0.2, 0.25) is 5.91 Å². The number of methoxy groups -OCH3 is 1. The number of piperazine rings is 1. The molecule has 2 amide bonds. The van der Waals surface area contributed by atoms with Gasteiger partial charge in [0.25, 0.3) is 5.91 Å². The van der Waals surface area contributed by atoms with E-state index in [-0.39, 0.29) is 18.2 Å². The van der Waals surface area contributed by atoms with Gasteiger partial charge in [-0.25, -0.2) is 4.98 Å². The van der Waals surface area contributed by atoms with E-state index in [4.69, 9.17) is 4.74 Å². The highest BCUT2D eigenvalue weighted by molar-refractivity contribution is 7.13. The van der Waals surface area contributed by atoms with Gasteiger partial charge in [0, 0.05) is 42.7 Å². The number of benzene rings is 2. The summed E-state index contributed by atoms with van der Waals surface area (Å²) < 4.78 is 5.34. The van der Waals surface area contributed by atoms with E-state index in [0.29, 0.717) is 37.5 Å². The topological polar surface area (TPSA) is 62.7 Å². The van der Waals surface area contributed by atoms with E-state index >= 15 is 0 Å². The third-order valence-electron chi connectivity index (χ3n) is 6.07. The summed E-state index contributed by atoms with van der Waals surface area (Å²) in [6.07, 6.45) is 1.29. The van der Waals surface area contributed by atoms with E-state index in [9.17, 15) is 9.59 Å². The molecule has 0 N–H and O–H groups in total. The average molecular weight is 464 g/mol. The third kappa shape index (κ3) is 5.25. The molecule has 33 heavy (non-hydrogen) atoms. The average Bonchev–Trinajstić information content (AvgIpc) is 3.32. The van der Waals surface area contributed by atoms with Crippen molar-refractivity contribution in [2.24, 2.45) is 0 Å². The largest absolute Gasteiger partial charge is 0.496 e. The number of nitrogens with zero attached hydrogens (tertiary/aromatic N) is 3. The molecule has 1 saturated heterocycles. The number of aryl methyl sites for hydroxylation is 2. The molecule has 3 aromatic rings. The van der Waals surface area contributed by atoms with Crippen molar-refractivity contribution in [3.63, 3.8) is 0 Å². The zero-order valence-electron chi connectivity index (χ0n) is 19.3. The molecule has 1 aliphatic heterocycles. The highest BCUT2D eigenvalue weighted by atomic mass is 32.1. The molecule has 0 saturated carbocycles. The first-order valence-corrected chi connectivity index (χ1v) is 12.1. The maximum Gasteiger partial charge on any atom is 0.254 e. The van der Waals surface area contributed by atoms with Gasteiger partial charge in [-0.2, -0.15) is 0 Å². The first-order chi connectivity index (χ1) is 16.0. The molecule has 172 valence electrons. The molecule has 7 heteroatoms. The Balaban J connectivity index is 1.32. The Morgan fingerprint density at radius 3 is 2.39 bits per heavy atom. The van der Waals surface area contributed by atoms with Gasteiger partial charge < -0.3 is 14.5 Å². The molecule has 0 spiro atoms. The van der Waals surface area contributed by atoms with Crippen LogP contribution in [-0.4, -0.2) is 59.9 Å². The zero-order valence-corrected chi connectivity index (χ0v) is 20.2. The molecule has 1 aromatic heterocycles. The summed E-state index contributed by atoms with van der Waals surface area (Å²) in [7, 11) is 1.61. The van der Waals surface area contributed by atoms with Crippen LogP contribution >= 0.6 is 11.3 Å². The van der Waals surface area contributed by atoms with Crippen LogP contribution in [0.15, 0.2) is 47.8 Å². The van der Waals surface area contributed by atoms with Crippen LogP contribution in [0.4, 0.5) is 0 Å². The van der Waals surface area contributed by atoms with E-state index in [0.717, 1.165) is 28.2 Å². The van der Waals surface area contributed by atoms with Crippen LogP contribution in [0, 0.1) is 6.92 Å². The normalized spacial score (nSPS) is 13.8. The Hall–Kier alpha value is -3.19. The minimum Gasteiger partial charge on any atom is -0.496 e. The van der Waals surface area contributed by atoms with E-state index < -0.39 is 0 Å². The zero-order chi connectivity index (χ0) is 23.4. The predicted octanol–water partition coefficient (Wildman–Crippen LogP) is 4.22. The number of rotatable bonds is 6. The van der Waals surface area contributed by atoms with Gasteiger partial charge in [0.1, 0.15) is 10.8 Å². The van der Waals surface area contributed by atoms with E-state index in [1.165, 1.54) is 5.56 Å². The van der Waals surface area contributed by atoms with Crippen molar-refractivity contribution in [2.75, 3.05) is 33.3 Å². The third-order valence-corrected chi connectivity index (χ3v) is 7.01. The summed E-state index contributed by atoms with van der Waals surface area (Å²) >= 11 is 1.57. The van der Waals surface area contributed by atoms with Crippen molar-refractivity contribution in [2.45, 2.75) is 26.7 Å². The van der Waals surface area contributed by atoms with Crippen LogP contribution in [0.25, 0.3) is 10.6 Å². The number of hydrogen-bond donors (Lipinski definition) is 0. The van der Waals surface area contributed by atoms with Gasteiger partial charge in [-0.1, -0.05) is 37.3 Å². The van der Waals surface area contributed by atoms with E-state index in [1.54, 1.807) is 29.4 Å². The van der Waals surface area contributed by atoms with Crippen LogP contribution in [-0.2, 0) is 17.6 Å². The second-order valence-corrected chi connectivity index (χ2v) is 9.09. The van der Waals surface area contributed by atoms with Crippen molar-refractivity contribution in [1.82, 2.24) is 14.8 Å². The quantitative estimate of drug-likeness (QED) is 0.549. The molecule has 4 rings (SSSR count). The summed E-state index contributed by atoms with van der Waals surface area (Å²) in [6, 6.07) is 13.9. The van der Waals surface area contributed by atoms with Crippen molar-refractivity contribution in [1.29, 1.82) is 0 Å². The Morgan fingerprint density at radius 1 is 1.03 bits per heavy atom. The molecule has 0 atom stereocenters. The van der Waals surface area contributed by atoms with Gasteiger partial charge in [-0.3, -0.25) is 9.59 Å². The molecule has 0 bridgehead atoms. The summed E-state index contributed by atoms with van der Waals surface area (Å²) in [6.45, 7) is 6.19. The molecule has 0 aliphatic carbocycles. The second kappa shape index (κ2) is 10.2. The Kier molecular flexibility index (Phi) is 7.08. The maximum absolute atomic E-state index is 12.9. The Morgan fingerprint density at radius 2 is 1.73 bits per heavy atom. The lowest BCUT2D eigenvalue weighted by atomic mass is 10.1. The Bertz CT molecular complexity index is 1130. The fourth-order valence-corrected chi connectivity index (χ4v) is 4.79. The van der Waals surface area contributed by atoms with Gasteiger partial charge in [-0.05, 0) is 36.6 Å². The molecular formula is C26H29N3O3S. The van der Waals surface area contributed by atoms with Crippen LogP contribution in [0.3, 0.4) is 0 Å². The number of carbonyl (C=O) groups is 2. The van der Waals surface area contributed by atoms with Gasteiger partial charge >= 0.3 is 0 Å². The number of hydrogen-bond acceptors (Lipinski definition) is 5. The van der Waals surface area contributed by atoms with Crippen molar-refractivity contribution in [3.05, 3.63) is 70.2 Å². The fourth-order valence-electron chi connectivity index (χ4n) is 3.97. The summed E-state index contributed by atoms with van der Waals surface area (Å²) in [5.74, 6) is 0.731. The lowest BCUT2D eigenvalue weighted by Gasteiger charge is -2.34. The summed E-state index contributed by atoms with van der Waals surface area (Å²) in [4.78, 5) is 34.0. The maximum atomic E-state index is 12.9. The highest BCUT2D eigenvalue weighted by Crippen LogP contribution is 2.25. The number of carbonyl (C=O) groups excluding carboxylic acids is 2. The number of ether oxygens (including phenoxy) is 1. The lowest BCUT2D eigenvalue weighted by Crippen LogP contribution is -2.51. The molecular weight excluding hydrogens is 434 g/mol. The number of aromatic nitrogens is 1. The molecule has 0 unspecified atom stereocenters. The van der Waals surface area contributed by atoms with Gasteiger partial charge in [-0.15, -0.1) is 11.3 Å². The highest BCUT2D eigenvalue weighted by Gasteiger charge is 2.25. The van der Waals surface area contributed by atoms with Gasteiger partial charge in [0.15, 0.2) is 0 Å². The van der Waals surface area contributed by atoms with Crippen molar-refractivity contribution < 1.29 is 14.3 Å². The van der Waals surface area contributed by atoms with Crippen molar-refractivity contribution >= 4 is 23.2 Å². The Labute approximate surface area is 198 Å². The van der Waals surface area contributed by atoms with E-state index in [1.807, 2.05) is 29.3 Å². The summed E-state index contributed by atoms with van der Waals surface area (Å²) in [5, 5.41) is 2.90. The SMILES string of the molecule is CCc1ccc(-c2nc(CC(=O)N3CCN(C(=O)c4ccc(C)c(OC)c4)CC3)cs2)cc1. The molecule has 0 radical (unpaired) electrons. The first-order valence-electron chi connectivity index (χ1n) is 11.2. The number of thiazole rings is 1. The van der Waals surface area contributed by atoms with Crippen LogP contribution in [0.1, 0.15) is 34.1 Å². The monoisotopic (exact) mass is 463 g/mol. The minimum absolute atomic E-state index is 0.0290. The van der Waals surface area contributed by atoms with Gasteiger partial charge in [0.05, 0.1) is 19.2 Å². The molecule has 6 nitrogen and oxygen atoms in total. The van der Waals surface area contributed by atoms with Crippen molar-refractivity contribution in [3.8, 4) is 16.3 Å².